The van der Waals surface area contributed by atoms with Crippen molar-refractivity contribution in [3.05, 3.63) is 46.5 Å². The normalized spacial score (nSPS) is 12.6. The van der Waals surface area contributed by atoms with Crippen LogP contribution >= 0.6 is 15.9 Å². The molecule has 2 aromatic rings. The lowest BCUT2D eigenvalue weighted by atomic mass is 10.0. The molecule has 0 saturated carbocycles. The quantitative estimate of drug-likeness (QED) is 0.939. The Morgan fingerprint density at radius 1 is 1.47 bits per heavy atom. The summed E-state index contributed by atoms with van der Waals surface area (Å²) in [5.74, 6) is 0.976. The van der Waals surface area contributed by atoms with E-state index in [0.29, 0.717) is 0 Å². The topological polar surface area (TPSA) is 42.7 Å². The zero-order valence-electron chi connectivity index (χ0n) is 9.89. The van der Waals surface area contributed by atoms with Crippen molar-refractivity contribution in [2.24, 2.45) is 7.05 Å². The summed E-state index contributed by atoms with van der Waals surface area (Å²) in [5.41, 5.74) is 1.24. The van der Waals surface area contributed by atoms with E-state index in [9.17, 15) is 0 Å². The fourth-order valence-electron chi connectivity index (χ4n) is 1.80. The Kier molecular flexibility index (Phi) is 3.91. The average Bonchev–Trinajstić information content (AvgIpc) is 2.71. The summed E-state index contributed by atoms with van der Waals surface area (Å²) in [6.07, 6.45) is 2.41. The molecule has 0 fully saturated rings. The molecule has 0 saturated heterocycles. The second-order valence-corrected chi connectivity index (χ2v) is 4.82. The first-order valence-electron chi connectivity index (χ1n) is 5.46. The van der Waals surface area contributed by atoms with Crippen molar-refractivity contribution < 1.29 is 0 Å². The third kappa shape index (κ3) is 2.92. The van der Waals surface area contributed by atoms with Gasteiger partial charge in [0.25, 0.3) is 0 Å². The molecule has 5 heteroatoms. The Morgan fingerprint density at radius 3 is 2.88 bits per heavy atom. The third-order valence-corrected chi connectivity index (χ3v) is 3.28. The first kappa shape index (κ1) is 12.3. The lowest BCUT2D eigenvalue weighted by Gasteiger charge is -2.16. The van der Waals surface area contributed by atoms with Crippen LogP contribution in [-0.2, 0) is 13.5 Å². The number of likely N-dealkylation sites (N-methyl/N-ethyl adjacent to an activating group) is 1. The number of nitrogens with zero attached hydrogens (tertiary/aromatic N) is 3. The summed E-state index contributed by atoms with van der Waals surface area (Å²) in [6.45, 7) is 0. The molecular weight excluding hydrogens is 280 g/mol. The van der Waals surface area contributed by atoms with Gasteiger partial charge in [0.15, 0.2) is 0 Å². The van der Waals surface area contributed by atoms with Crippen LogP contribution in [0, 0.1) is 0 Å². The van der Waals surface area contributed by atoms with Crippen molar-refractivity contribution in [1.29, 1.82) is 0 Å². The molecule has 1 heterocycles. The number of nitrogens with one attached hydrogen (secondary N) is 1. The molecule has 1 N–H and O–H groups in total. The first-order valence-corrected chi connectivity index (χ1v) is 6.25. The molecule has 1 aromatic heterocycles. The molecule has 2 rings (SSSR count). The van der Waals surface area contributed by atoms with Crippen LogP contribution in [0.2, 0.25) is 0 Å². The highest BCUT2D eigenvalue weighted by Gasteiger charge is 2.13. The van der Waals surface area contributed by atoms with Crippen LogP contribution in [0.25, 0.3) is 0 Å². The van der Waals surface area contributed by atoms with Crippen LogP contribution in [0.4, 0.5) is 0 Å². The number of aryl methyl sites for hydroxylation is 1. The highest BCUT2D eigenvalue weighted by molar-refractivity contribution is 9.10. The molecule has 1 unspecified atom stereocenters. The Bertz CT molecular complexity index is 495. The summed E-state index contributed by atoms with van der Waals surface area (Å²) >= 11 is 3.49. The molecule has 0 amide bonds. The predicted molar refractivity (Wildman–Crippen MR) is 70.6 cm³/mol. The van der Waals surface area contributed by atoms with Crippen LogP contribution in [0.15, 0.2) is 35.1 Å². The van der Waals surface area contributed by atoms with Crippen molar-refractivity contribution in [2.45, 2.75) is 12.5 Å². The van der Waals surface area contributed by atoms with Gasteiger partial charge >= 0.3 is 0 Å². The summed E-state index contributed by atoms with van der Waals surface area (Å²) in [5, 5.41) is 7.39. The van der Waals surface area contributed by atoms with Crippen LogP contribution in [0.5, 0.6) is 0 Å². The van der Waals surface area contributed by atoms with Gasteiger partial charge in [-0.15, -0.1) is 0 Å². The van der Waals surface area contributed by atoms with Crippen LogP contribution in [-0.4, -0.2) is 21.8 Å². The maximum atomic E-state index is 4.25. The van der Waals surface area contributed by atoms with Gasteiger partial charge in [0.05, 0.1) is 0 Å². The molecule has 0 spiro atoms. The van der Waals surface area contributed by atoms with Crippen LogP contribution in [0.1, 0.15) is 17.4 Å². The second-order valence-electron chi connectivity index (χ2n) is 3.90. The van der Waals surface area contributed by atoms with Crippen molar-refractivity contribution in [2.75, 3.05) is 7.05 Å². The van der Waals surface area contributed by atoms with Gasteiger partial charge in [0.1, 0.15) is 12.2 Å². The van der Waals surface area contributed by atoms with Crippen molar-refractivity contribution in [3.8, 4) is 0 Å². The minimum atomic E-state index is 0.246. The molecule has 0 bridgehead atoms. The van der Waals surface area contributed by atoms with E-state index in [-0.39, 0.29) is 6.04 Å². The van der Waals surface area contributed by atoms with Gasteiger partial charge in [-0.25, -0.2) is 4.98 Å². The fourth-order valence-corrected chi connectivity index (χ4v) is 2.21. The van der Waals surface area contributed by atoms with Gasteiger partial charge in [-0.2, -0.15) is 5.10 Å². The molecular formula is C12H15BrN4. The summed E-state index contributed by atoms with van der Waals surface area (Å²) in [6, 6.07) is 8.55. The zero-order valence-corrected chi connectivity index (χ0v) is 11.5. The van der Waals surface area contributed by atoms with Crippen molar-refractivity contribution in [1.82, 2.24) is 20.1 Å². The summed E-state index contributed by atoms with van der Waals surface area (Å²) in [7, 11) is 3.87. The monoisotopic (exact) mass is 294 g/mol. The van der Waals surface area contributed by atoms with E-state index in [2.05, 4.69) is 43.5 Å². The van der Waals surface area contributed by atoms with E-state index in [4.69, 9.17) is 0 Å². The molecule has 0 aliphatic carbocycles. The molecule has 0 aliphatic heterocycles. The lowest BCUT2D eigenvalue weighted by Crippen LogP contribution is -2.20. The third-order valence-electron chi connectivity index (χ3n) is 2.79. The maximum absolute atomic E-state index is 4.25. The molecule has 17 heavy (non-hydrogen) atoms. The van der Waals surface area contributed by atoms with E-state index in [1.54, 1.807) is 6.33 Å². The van der Waals surface area contributed by atoms with E-state index in [0.717, 1.165) is 16.7 Å². The number of halogens is 1. The smallest absolute Gasteiger partial charge is 0.138 e. The second kappa shape index (κ2) is 5.42. The minimum Gasteiger partial charge on any atom is -0.313 e. The van der Waals surface area contributed by atoms with Gasteiger partial charge in [0, 0.05) is 24.0 Å². The van der Waals surface area contributed by atoms with Gasteiger partial charge < -0.3 is 5.32 Å². The molecule has 4 nitrogen and oxygen atoms in total. The summed E-state index contributed by atoms with van der Waals surface area (Å²) < 4.78 is 2.90. The van der Waals surface area contributed by atoms with Crippen LogP contribution in [0.3, 0.4) is 0 Å². The van der Waals surface area contributed by atoms with Crippen molar-refractivity contribution in [3.63, 3.8) is 0 Å². The van der Waals surface area contributed by atoms with Gasteiger partial charge in [-0.1, -0.05) is 28.1 Å². The lowest BCUT2D eigenvalue weighted by molar-refractivity contribution is 0.553. The van der Waals surface area contributed by atoms with E-state index < -0.39 is 0 Å². The molecule has 90 valence electrons. The van der Waals surface area contributed by atoms with Gasteiger partial charge in [-0.3, -0.25) is 4.68 Å². The Hall–Kier alpha value is -1.20. The average molecular weight is 295 g/mol. The number of benzene rings is 1. The van der Waals surface area contributed by atoms with Gasteiger partial charge in [0.2, 0.25) is 0 Å². The minimum absolute atomic E-state index is 0.246. The highest BCUT2D eigenvalue weighted by Crippen LogP contribution is 2.20. The molecule has 1 aromatic carbocycles. The van der Waals surface area contributed by atoms with Crippen molar-refractivity contribution >= 4 is 15.9 Å². The molecule has 0 aliphatic rings. The fraction of sp³-hybridized carbons (Fsp3) is 0.333. The predicted octanol–water partition coefficient (Wildman–Crippen LogP) is 2.08. The number of rotatable bonds is 4. The Balaban J connectivity index is 2.20. The largest absolute Gasteiger partial charge is 0.313 e. The SMILES string of the molecule is CNC(Cc1ncnn1C)c1cccc(Br)c1. The molecule has 0 radical (unpaired) electrons. The summed E-state index contributed by atoms with van der Waals surface area (Å²) in [4.78, 5) is 4.25. The van der Waals surface area contributed by atoms with E-state index in [1.165, 1.54) is 5.56 Å². The first-order chi connectivity index (χ1) is 8.20. The maximum Gasteiger partial charge on any atom is 0.138 e. The number of hydrogen-bond acceptors (Lipinski definition) is 3. The van der Waals surface area contributed by atoms with E-state index >= 15 is 0 Å². The molecule has 1 atom stereocenters. The van der Waals surface area contributed by atoms with Gasteiger partial charge in [-0.05, 0) is 24.7 Å². The Morgan fingerprint density at radius 2 is 2.29 bits per heavy atom. The van der Waals surface area contributed by atoms with Crippen LogP contribution < -0.4 is 5.32 Å². The number of hydrogen-bond donors (Lipinski definition) is 1. The zero-order chi connectivity index (χ0) is 12.3. The highest BCUT2D eigenvalue weighted by atomic mass is 79.9. The standard InChI is InChI=1S/C12H15BrN4/c1-14-11(7-12-15-8-16-17(12)2)9-4-3-5-10(13)6-9/h3-6,8,11,14H,7H2,1-2H3. The van der Waals surface area contributed by atoms with E-state index in [1.807, 2.05) is 30.9 Å². The number of aromatic nitrogens is 3. The Labute approximate surface area is 109 Å².